The van der Waals surface area contributed by atoms with Gasteiger partial charge in [0.05, 0.1) is 13.7 Å². The maximum Gasteiger partial charge on any atom is 0.305 e. The number of aliphatic hydroxyl groups excluding tert-OH is 1. The van der Waals surface area contributed by atoms with E-state index in [-0.39, 0.29) is 31.5 Å². The summed E-state index contributed by atoms with van der Waals surface area (Å²) in [7, 11) is -1.20. The van der Waals surface area contributed by atoms with E-state index in [1.807, 2.05) is 0 Å². The van der Waals surface area contributed by atoms with E-state index in [0.717, 1.165) is 0 Å². The van der Waals surface area contributed by atoms with Gasteiger partial charge in [-0.15, -0.1) is 0 Å². The molecule has 0 spiro atoms. The molecular formula is C9H19O5P. The van der Waals surface area contributed by atoms with Gasteiger partial charge in [0.25, 0.3) is 0 Å². The minimum Gasteiger partial charge on any atom is -0.469 e. The highest BCUT2D eigenvalue weighted by Gasteiger charge is 2.13. The molecule has 0 aromatic heterocycles. The molecule has 0 heterocycles. The van der Waals surface area contributed by atoms with E-state index in [0.29, 0.717) is 6.42 Å². The smallest absolute Gasteiger partial charge is 0.305 e. The van der Waals surface area contributed by atoms with Gasteiger partial charge in [0.1, 0.15) is 7.34 Å². The Kier molecular flexibility index (Phi) is 6.85. The number of ether oxygens (including phenoxy) is 1. The van der Waals surface area contributed by atoms with Crippen LogP contribution in [0.15, 0.2) is 0 Å². The van der Waals surface area contributed by atoms with Crippen LogP contribution in [0.1, 0.15) is 12.8 Å². The molecule has 0 radical (unpaired) electrons. The molecular weight excluding hydrogens is 219 g/mol. The van der Waals surface area contributed by atoms with Gasteiger partial charge < -0.3 is 19.3 Å². The molecule has 0 aliphatic carbocycles. The van der Waals surface area contributed by atoms with Crippen LogP contribution in [-0.4, -0.2) is 49.3 Å². The average Bonchev–Trinajstić information content (AvgIpc) is 2.16. The first kappa shape index (κ1) is 14.6. The molecule has 0 amide bonds. The Hall–Kier alpha value is -0.350. The van der Waals surface area contributed by atoms with Crippen LogP contribution in [0.5, 0.6) is 0 Å². The topological polar surface area (TPSA) is 76.0 Å². The second-order valence-corrected chi connectivity index (χ2v) is 5.87. The molecule has 5 nitrogen and oxygen atoms in total. The van der Waals surface area contributed by atoms with Gasteiger partial charge in [-0.2, -0.15) is 0 Å². The number of carbonyl (C=O) groups excluding carboxylic acids is 1. The normalized spacial score (nSPS) is 16.8. The van der Waals surface area contributed by atoms with Crippen molar-refractivity contribution < 1.29 is 24.1 Å². The number of hydrogen-bond donors (Lipinski definition) is 2. The molecule has 0 rings (SSSR count). The quantitative estimate of drug-likeness (QED) is 0.498. The Morgan fingerprint density at radius 3 is 2.60 bits per heavy atom. The third-order valence-electron chi connectivity index (χ3n) is 1.83. The van der Waals surface area contributed by atoms with Crippen LogP contribution in [0, 0.1) is 5.92 Å². The minimum absolute atomic E-state index is 0.0863. The zero-order valence-electron chi connectivity index (χ0n) is 9.18. The van der Waals surface area contributed by atoms with Crippen molar-refractivity contribution >= 4 is 19.6 Å². The molecule has 0 aromatic rings. The lowest BCUT2D eigenvalue weighted by molar-refractivity contribution is -0.141. The van der Waals surface area contributed by atoms with Crippen LogP contribution < -0.4 is 0 Å². The van der Waals surface area contributed by atoms with Crippen LogP contribution in [0.25, 0.3) is 0 Å². The number of carbonyl (C=O) groups is 1. The van der Waals surface area contributed by atoms with Crippen molar-refractivity contribution in [2.24, 2.45) is 5.92 Å². The van der Waals surface area contributed by atoms with Gasteiger partial charge >= 0.3 is 5.97 Å². The van der Waals surface area contributed by atoms with Crippen molar-refractivity contribution in [1.29, 1.82) is 0 Å². The van der Waals surface area contributed by atoms with Crippen LogP contribution in [-0.2, 0) is 14.1 Å². The molecule has 0 saturated heterocycles. The average molecular weight is 238 g/mol. The summed E-state index contributed by atoms with van der Waals surface area (Å²) in [4.78, 5) is 20.1. The van der Waals surface area contributed by atoms with Crippen LogP contribution in [0.2, 0.25) is 0 Å². The molecule has 90 valence electrons. The van der Waals surface area contributed by atoms with Crippen molar-refractivity contribution in [3.05, 3.63) is 0 Å². The summed E-state index contributed by atoms with van der Waals surface area (Å²) in [6.07, 6.45) is 4.17. The summed E-state index contributed by atoms with van der Waals surface area (Å²) in [5.74, 6) is -0.484. The van der Waals surface area contributed by atoms with E-state index in [1.54, 1.807) is 0 Å². The Morgan fingerprint density at radius 2 is 2.20 bits per heavy atom. The van der Waals surface area contributed by atoms with Crippen molar-refractivity contribution in [3.8, 4) is 0 Å². The lowest BCUT2D eigenvalue weighted by Crippen LogP contribution is -2.15. The number of rotatable bonds is 7. The summed E-state index contributed by atoms with van der Waals surface area (Å²) in [6.45, 7) is 1.64. The lowest BCUT2D eigenvalue weighted by Gasteiger charge is -2.18. The molecule has 0 saturated carbocycles. The molecule has 2 unspecified atom stereocenters. The largest absolute Gasteiger partial charge is 0.469 e. The monoisotopic (exact) mass is 238 g/mol. The molecule has 0 fully saturated rings. The summed E-state index contributed by atoms with van der Waals surface area (Å²) >= 11 is 0. The standard InChI is InChI=1S/C9H19O5P/c1-13-9(11)5-4-8(6-10)7-14-15(2,3)12/h8,10,12H,2,4-7H2,1,3H3. The highest BCUT2D eigenvalue weighted by atomic mass is 31.2. The first-order valence-electron chi connectivity index (χ1n) is 4.65. The summed E-state index contributed by atoms with van der Waals surface area (Å²) in [5, 5.41) is 8.99. The Bertz CT molecular complexity index is 235. The molecule has 0 aromatic carbocycles. The molecule has 0 aliphatic heterocycles. The predicted molar refractivity (Wildman–Crippen MR) is 60.0 cm³/mol. The van der Waals surface area contributed by atoms with Crippen molar-refractivity contribution in [2.45, 2.75) is 12.8 Å². The van der Waals surface area contributed by atoms with Gasteiger partial charge in [0.15, 0.2) is 0 Å². The molecule has 0 aliphatic rings. The van der Waals surface area contributed by atoms with Gasteiger partial charge in [-0.25, -0.2) is 0 Å². The minimum atomic E-state index is -2.51. The number of methoxy groups -OCH3 is 1. The second kappa shape index (κ2) is 7.01. The van der Waals surface area contributed by atoms with E-state index in [2.05, 4.69) is 11.0 Å². The SMILES string of the molecule is C=P(C)(O)OCC(CO)CCC(=O)OC. The molecule has 0 bridgehead atoms. The van der Waals surface area contributed by atoms with Crippen molar-refractivity contribution in [1.82, 2.24) is 0 Å². The van der Waals surface area contributed by atoms with Gasteiger partial charge in [-0.05, 0) is 6.42 Å². The van der Waals surface area contributed by atoms with E-state index < -0.39 is 7.34 Å². The van der Waals surface area contributed by atoms with Crippen molar-refractivity contribution in [2.75, 3.05) is 27.0 Å². The van der Waals surface area contributed by atoms with E-state index in [9.17, 15) is 9.69 Å². The first-order chi connectivity index (χ1) is 6.89. The molecule has 6 heteroatoms. The Labute approximate surface area is 90.2 Å². The highest BCUT2D eigenvalue weighted by molar-refractivity contribution is 7.62. The number of esters is 1. The summed E-state index contributed by atoms with van der Waals surface area (Å²) in [6, 6.07) is 0. The fraction of sp³-hybridized carbons (Fsp3) is 0.778. The summed E-state index contributed by atoms with van der Waals surface area (Å²) < 4.78 is 9.57. The third kappa shape index (κ3) is 8.63. The van der Waals surface area contributed by atoms with Crippen molar-refractivity contribution in [3.63, 3.8) is 0 Å². The van der Waals surface area contributed by atoms with Gasteiger partial charge in [0, 0.05) is 25.6 Å². The Balaban J connectivity index is 3.83. The summed E-state index contributed by atoms with van der Waals surface area (Å²) in [5.41, 5.74) is 0. The van der Waals surface area contributed by atoms with Crippen LogP contribution >= 0.6 is 7.34 Å². The van der Waals surface area contributed by atoms with E-state index >= 15 is 0 Å². The Morgan fingerprint density at radius 1 is 1.60 bits per heavy atom. The van der Waals surface area contributed by atoms with Gasteiger partial charge in [0.2, 0.25) is 0 Å². The van der Waals surface area contributed by atoms with Gasteiger partial charge in [-0.1, -0.05) is 6.30 Å². The maximum atomic E-state index is 10.8. The molecule has 2 N–H and O–H groups in total. The predicted octanol–water partition coefficient (Wildman–Crippen LogP) is 0.466. The maximum absolute atomic E-state index is 10.8. The molecule has 2 atom stereocenters. The van der Waals surface area contributed by atoms with Crippen LogP contribution in [0.3, 0.4) is 0 Å². The zero-order valence-corrected chi connectivity index (χ0v) is 10.1. The number of aliphatic hydroxyl groups is 1. The number of hydrogen-bond acceptors (Lipinski definition) is 5. The highest BCUT2D eigenvalue weighted by Crippen LogP contribution is 2.36. The third-order valence-corrected chi connectivity index (χ3v) is 2.54. The van der Waals surface area contributed by atoms with E-state index in [4.69, 9.17) is 9.63 Å². The lowest BCUT2D eigenvalue weighted by atomic mass is 10.1. The fourth-order valence-corrected chi connectivity index (χ4v) is 1.45. The zero-order chi connectivity index (χ0) is 11.9. The fourth-order valence-electron chi connectivity index (χ4n) is 0.917. The molecule has 15 heavy (non-hydrogen) atoms. The van der Waals surface area contributed by atoms with Gasteiger partial charge in [-0.3, -0.25) is 4.79 Å². The second-order valence-electron chi connectivity index (χ2n) is 3.51. The van der Waals surface area contributed by atoms with Crippen LogP contribution in [0.4, 0.5) is 0 Å². The van der Waals surface area contributed by atoms with E-state index in [1.165, 1.54) is 13.8 Å². The first-order valence-corrected chi connectivity index (χ1v) is 6.94.